The summed E-state index contributed by atoms with van der Waals surface area (Å²) in [5, 5.41) is 2.62. The van der Waals surface area contributed by atoms with Gasteiger partial charge in [0.15, 0.2) is 0 Å². The fraction of sp³-hybridized carbons (Fsp3) is 0.235. The standard InChI is InChI=1S/C17H17F2NO2/c1-11(2)22-16-5-3-12(4-6-16)10-20-17(21)13-7-14(18)9-15(19)8-13/h3-9,11H,10H2,1-2H3,(H,20,21). The molecule has 0 unspecified atom stereocenters. The maximum atomic E-state index is 13.1. The van der Waals surface area contributed by atoms with Gasteiger partial charge in [-0.15, -0.1) is 0 Å². The van der Waals surface area contributed by atoms with Crippen LogP contribution in [0.25, 0.3) is 0 Å². The molecule has 0 aliphatic rings. The molecule has 5 heteroatoms. The van der Waals surface area contributed by atoms with Crippen molar-refractivity contribution in [2.24, 2.45) is 0 Å². The van der Waals surface area contributed by atoms with E-state index >= 15 is 0 Å². The number of halogens is 2. The van der Waals surface area contributed by atoms with Gasteiger partial charge in [-0.3, -0.25) is 4.79 Å². The highest BCUT2D eigenvalue weighted by Gasteiger charge is 2.09. The van der Waals surface area contributed by atoms with Crippen LogP contribution in [0, 0.1) is 11.6 Å². The van der Waals surface area contributed by atoms with E-state index in [9.17, 15) is 13.6 Å². The van der Waals surface area contributed by atoms with Crippen molar-refractivity contribution in [3.8, 4) is 5.75 Å². The van der Waals surface area contributed by atoms with Crippen LogP contribution in [-0.2, 0) is 6.54 Å². The van der Waals surface area contributed by atoms with E-state index in [-0.39, 0.29) is 18.2 Å². The predicted molar refractivity (Wildman–Crippen MR) is 79.7 cm³/mol. The van der Waals surface area contributed by atoms with Gasteiger partial charge in [0.25, 0.3) is 5.91 Å². The van der Waals surface area contributed by atoms with Crippen LogP contribution in [0.2, 0.25) is 0 Å². The third-order valence-corrected chi connectivity index (χ3v) is 2.87. The molecule has 0 bridgehead atoms. The molecule has 1 N–H and O–H groups in total. The summed E-state index contributed by atoms with van der Waals surface area (Å²) in [4.78, 5) is 11.9. The fourth-order valence-corrected chi connectivity index (χ4v) is 1.93. The van der Waals surface area contributed by atoms with E-state index in [1.807, 2.05) is 38.1 Å². The largest absolute Gasteiger partial charge is 0.491 e. The van der Waals surface area contributed by atoms with Gasteiger partial charge in [0.2, 0.25) is 0 Å². The van der Waals surface area contributed by atoms with E-state index in [2.05, 4.69) is 5.32 Å². The summed E-state index contributed by atoms with van der Waals surface area (Å²) in [5.74, 6) is -1.33. The Balaban J connectivity index is 1.96. The van der Waals surface area contributed by atoms with Gasteiger partial charge >= 0.3 is 0 Å². The number of amides is 1. The van der Waals surface area contributed by atoms with Gasteiger partial charge in [-0.2, -0.15) is 0 Å². The average Bonchev–Trinajstić information content (AvgIpc) is 2.44. The van der Waals surface area contributed by atoms with Crippen molar-refractivity contribution < 1.29 is 18.3 Å². The third kappa shape index (κ3) is 4.55. The Morgan fingerprint density at radius 2 is 1.68 bits per heavy atom. The minimum atomic E-state index is -0.777. The summed E-state index contributed by atoms with van der Waals surface area (Å²) < 4.78 is 31.7. The summed E-state index contributed by atoms with van der Waals surface area (Å²) in [6.07, 6.45) is 0.0911. The predicted octanol–water partition coefficient (Wildman–Crippen LogP) is 3.68. The van der Waals surface area contributed by atoms with Gasteiger partial charge in [0.1, 0.15) is 17.4 Å². The number of hydrogen-bond donors (Lipinski definition) is 1. The first-order chi connectivity index (χ1) is 10.4. The summed E-state index contributed by atoms with van der Waals surface area (Å²) >= 11 is 0. The lowest BCUT2D eigenvalue weighted by Gasteiger charge is -2.10. The molecule has 0 radical (unpaired) electrons. The average molecular weight is 305 g/mol. The molecule has 0 heterocycles. The van der Waals surface area contributed by atoms with Crippen molar-refractivity contribution in [1.29, 1.82) is 0 Å². The summed E-state index contributed by atoms with van der Waals surface area (Å²) in [7, 11) is 0. The van der Waals surface area contributed by atoms with E-state index in [4.69, 9.17) is 4.74 Å². The molecule has 0 fully saturated rings. The van der Waals surface area contributed by atoms with Crippen molar-refractivity contribution in [3.05, 3.63) is 65.2 Å². The third-order valence-electron chi connectivity index (χ3n) is 2.87. The number of nitrogens with one attached hydrogen (secondary N) is 1. The zero-order valence-electron chi connectivity index (χ0n) is 12.4. The van der Waals surface area contributed by atoms with E-state index in [1.54, 1.807) is 0 Å². The van der Waals surface area contributed by atoms with Crippen LogP contribution in [0.15, 0.2) is 42.5 Å². The molecule has 2 rings (SSSR count). The number of carbonyl (C=O) groups is 1. The highest BCUT2D eigenvalue weighted by molar-refractivity contribution is 5.94. The molecule has 1 amide bonds. The maximum Gasteiger partial charge on any atom is 0.251 e. The topological polar surface area (TPSA) is 38.3 Å². The molecule has 3 nitrogen and oxygen atoms in total. The summed E-state index contributed by atoms with van der Waals surface area (Å²) in [6, 6.07) is 9.99. The zero-order valence-corrected chi connectivity index (χ0v) is 12.4. The Morgan fingerprint density at radius 1 is 1.09 bits per heavy atom. The first-order valence-electron chi connectivity index (χ1n) is 6.94. The number of ether oxygens (including phenoxy) is 1. The van der Waals surface area contributed by atoms with Gasteiger partial charge in [-0.05, 0) is 43.7 Å². The van der Waals surface area contributed by atoms with E-state index in [0.29, 0.717) is 0 Å². The van der Waals surface area contributed by atoms with E-state index < -0.39 is 17.5 Å². The molecule has 0 saturated carbocycles. The van der Waals surface area contributed by atoms with Crippen molar-refractivity contribution in [1.82, 2.24) is 5.32 Å². The SMILES string of the molecule is CC(C)Oc1ccc(CNC(=O)c2cc(F)cc(F)c2)cc1. The molecule has 116 valence electrons. The quantitative estimate of drug-likeness (QED) is 0.915. The van der Waals surface area contributed by atoms with Crippen LogP contribution in [0.4, 0.5) is 8.78 Å². The van der Waals surface area contributed by atoms with Gasteiger partial charge < -0.3 is 10.1 Å². The second-order valence-electron chi connectivity index (χ2n) is 5.15. The molecule has 0 aliphatic heterocycles. The number of hydrogen-bond acceptors (Lipinski definition) is 2. The monoisotopic (exact) mass is 305 g/mol. The smallest absolute Gasteiger partial charge is 0.251 e. The Morgan fingerprint density at radius 3 is 2.23 bits per heavy atom. The van der Waals surface area contributed by atoms with Crippen molar-refractivity contribution in [2.45, 2.75) is 26.5 Å². The highest BCUT2D eigenvalue weighted by Crippen LogP contribution is 2.14. The molecule has 0 aromatic heterocycles. The summed E-state index contributed by atoms with van der Waals surface area (Å²) in [5.41, 5.74) is 0.818. The molecule has 22 heavy (non-hydrogen) atoms. The lowest BCUT2D eigenvalue weighted by molar-refractivity contribution is 0.0950. The molecule has 0 spiro atoms. The minimum Gasteiger partial charge on any atom is -0.491 e. The molecule has 0 saturated heterocycles. The van der Waals surface area contributed by atoms with Gasteiger partial charge in [0, 0.05) is 18.2 Å². The van der Waals surface area contributed by atoms with Crippen molar-refractivity contribution >= 4 is 5.91 Å². The normalized spacial score (nSPS) is 10.6. The van der Waals surface area contributed by atoms with Gasteiger partial charge in [0.05, 0.1) is 6.10 Å². The second kappa shape index (κ2) is 7.02. The summed E-state index contributed by atoms with van der Waals surface area (Å²) in [6.45, 7) is 4.14. The van der Waals surface area contributed by atoms with E-state index in [0.717, 1.165) is 29.5 Å². The first kappa shape index (κ1) is 15.9. The molecule has 0 atom stereocenters. The molecular weight excluding hydrogens is 288 g/mol. The van der Waals surface area contributed by atoms with Crippen LogP contribution in [-0.4, -0.2) is 12.0 Å². The number of benzene rings is 2. The highest BCUT2D eigenvalue weighted by atomic mass is 19.1. The van der Waals surface area contributed by atoms with Crippen LogP contribution in [0.5, 0.6) is 5.75 Å². The second-order valence-corrected chi connectivity index (χ2v) is 5.15. The maximum absolute atomic E-state index is 13.1. The van der Waals surface area contributed by atoms with Crippen molar-refractivity contribution in [2.75, 3.05) is 0 Å². The Bertz CT molecular complexity index is 634. The first-order valence-corrected chi connectivity index (χ1v) is 6.94. The molecule has 2 aromatic carbocycles. The Labute approximate surface area is 127 Å². The van der Waals surface area contributed by atoms with Crippen LogP contribution < -0.4 is 10.1 Å². The van der Waals surface area contributed by atoms with Gasteiger partial charge in [-0.1, -0.05) is 12.1 Å². The van der Waals surface area contributed by atoms with Crippen LogP contribution in [0.3, 0.4) is 0 Å². The van der Waals surface area contributed by atoms with Gasteiger partial charge in [-0.25, -0.2) is 8.78 Å². The Hall–Kier alpha value is -2.43. The number of rotatable bonds is 5. The lowest BCUT2D eigenvalue weighted by Crippen LogP contribution is -2.23. The van der Waals surface area contributed by atoms with Crippen LogP contribution >= 0.6 is 0 Å². The fourth-order valence-electron chi connectivity index (χ4n) is 1.93. The molecule has 2 aromatic rings. The van der Waals surface area contributed by atoms with Crippen LogP contribution in [0.1, 0.15) is 29.8 Å². The Kier molecular flexibility index (Phi) is 5.09. The molecule has 0 aliphatic carbocycles. The van der Waals surface area contributed by atoms with E-state index in [1.165, 1.54) is 0 Å². The lowest BCUT2D eigenvalue weighted by atomic mass is 10.2. The minimum absolute atomic E-state index is 0.0442. The zero-order chi connectivity index (χ0) is 16.1. The number of carbonyl (C=O) groups excluding carboxylic acids is 1. The molecular formula is C17H17F2NO2. The van der Waals surface area contributed by atoms with Crippen molar-refractivity contribution in [3.63, 3.8) is 0 Å².